The van der Waals surface area contributed by atoms with E-state index in [1.54, 1.807) is 34.6 Å². The van der Waals surface area contributed by atoms with E-state index in [4.69, 9.17) is 0 Å². The van der Waals surface area contributed by atoms with Crippen molar-refractivity contribution < 1.29 is 21.6 Å². The highest BCUT2D eigenvalue weighted by Crippen LogP contribution is 2.15. The lowest BCUT2D eigenvalue weighted by molar-refractivity contribution is -0.116. The quantitative estimate of drug-likeness (QED) is 0.488. The van der Waals surface area contributed by atoms with Crippen LogP contribution in [0.2, 0.25) is 0 Å². The molecule has 3 N–H and O–H groups in total. The number of unbranched alkanes of at least 4 members (excludes halogenated alkanes) is 1. The zero-order valence-electron chi connectivity index (χ0n) is 17.1. The summed E-state index contributed by atoms with van der Waals surface area (Å²) in [5.74, 6) is -0.213. The number of carbonyl (C=O) groups is 1. The minimum atomic E-state index is -3.57. The molecular formula is C18H31N3O5S2. The molecule has 10 heteroatoms. The largest absolute Gasteiger partial charge is 0.326 e. The monoisotopic (exact) mass is 433 g/mol. The van der Waals surface area contributed by atoms with E-state index in [9.17, 15) is 21.6 Å². The van der Waals surface area contributed by atoms with E-state index in [1.165, 1.54) is 24.3 Å². The van der Waals surface area contributed by atoms with Crippen LogP contribution < -0.4 is 14.8 Å². The van der Waals surface area contributed by atoms with Crippen LogP contribution in [0.5, 0.6) is 0 Å². The van der Waals surface area contributed by atoms with Crippen LogP contribution in [-0.2, 0) is 24.8 Å². The highest BCUT2D eigenvalue weighted by molar-refractivity contribution is 7.90. The summed E-state index contributed by atoms with van der Waals surface area (Å²) >= 11 is 0. The van der Waals surface area contributed by atoms with Crippen molar-refractivity contribution in [3.63, 3.8) is 0 Å². The molecule has 0 radical (unpaired) electrons. The molecule has 0 fully saturated rings. The van der Waals surface area contributed by atoms with Crippen LogP contribution in [0, 0.1) is 0 Å². The molecule has 28 heavy (non-hydrogen) atoms. The first kappa shape index (κ1) is 24.5. The lowest BCUT2D eigenvalue weighted by Crippen LogP contribution is -2.39. The van der Waals surface area contributed by atoms with Gasteiger partial charge < -0.3 is 5.32 Å². The number of hydrogen-bond donors (Lipinski definition) is 3. The summed E-state index contributed by atoms with van der Waals surface area (Å²) in [6, 6.07) is 5.72. The summed E-state index contributed by atoms with van der Waals surface area (Å²) < 4.78 is 52.1. The molecule has 1 amide bonds. The third-order valence-corrected chi connectivity index (χ3v) is 7.64. The second kappa shape index (κ2) is 9.82. The number of rotatable bonds is 10. The van der Waals surface area contributed by atoms with E-state index in [0.29, 0.717) is 18.5 Å². The molecule has 0 atom stereocenters. The molecule has 1 aromatic rings. The van der Waals surface area contributed by atoms with Crippen LogP contribution in [0.1, 0.15) is 53.9 Å². The number of anilines is 1. The molecule has 1 aromatic carbocycles. The lowest BCUT2D eigenvalue weighted by Gasteiger charge is -2.19. The molecule has 1 rings (SSSR count). The fourth-order valence-electron chi connectivity index (χ4n) is 2.15. The predicted molar refractivity (Wildman–Crippen MR) is 111 cm³/mol. The second-order valence-electron chi connectivity index (χ2n) is 7.82. The number of nitrogens with one attached hydrogen (secondary N) is 3. The second-order valence-corrected chi connectivity index (χ2v) is 12.1. The van der Waals surface area contributed by atoms with Crippen molar-refractivity contribution in [3.8, 4) is 0 Å². The summed E-state index contributed by atoms with van der Waals surface area (Å²) in [6.07, 6.45) is 1.32. The van der Waals surface area contributed by atoms with Gasteiger partial charge in [0.2, 0.25) is 26.0 Å². The van der Waals surface area contributed by atoms with Crippen molar-refractivity contribution in [2.24, 2.45) is 0 Å². The highest BCUT2D eigenvalue weighted by atomic mass is 32.2. The molecule has 0 spiro atoms. The van der Waals surface area contributed by atoms with Crippen LogP contribution >= 0.6 is 0 Å². The van der Waals surface area contributed by atoms with Gasteiger partial charge in [0.05, 0.1) is 9.64 Å². The molecule has 160 valence electrons. The Kier molecular flexibility index (Phi) is 8.61. The molecule has 0 aliphatic rings. The van der Waals surface area contributed by atoms with Gasteiger partial charge in [-0.05, 0) is 71.7 Å². The minimum absolute atomic E-state index is 0.130. The average Bonchev–Trinajstić information content (AvgIpc) is 2.52. The van der Waals surface area contributed by atoms with Crippen molar-refractivity contribution in [3.05, 3.63) is 24.3 Å². The zero-order valence-corrected chi connectivity index (χ0v) is 18.7. The van der Waals surface area contributed by atoms with Crippen molar-refractivity contribution in [2.45, 2.75) is 69.6 Å². The maximum absolute atomic E-state index is 12.1. The van der Waals surface area contributed by atoms with Crippen LogP contribution in [0.3, 0.4) is 0 Å². The standard InChI is InChI=1S/C18H31N3O5S2/c1-14(2)21-27(23,24)16-11-9-15(10-12-16)20-17(22)8-6-7-13-19-28(25,26)18(3,4)5/h9-12,14,19,21H,6-8,13H2,1-5H3,(H,20,22). The van der Waals surface area contributed by atoms with Gasteiger partial charge in [0, 0.05) is 24.7 Å². The third-order valence-electron chi connectivity index (χ3n) is 3.77. The van der Waals surface area contributed by atoms with Crippen molar-refractivity contribution in [1.29, 1.82) is 0 Å². The number of carbonyl (C=O) groups excluding carboxylic acids is 1. The Morgan fingerprint density at radius 2 is 1.57 bits per heavy atom. The molecule has 0 heterocycles. The summed E-state index contributed by atoms with van der Waals surface area (Å²) in [5, 5.41) is 2.70. The number of sulfonamides is 2. The van der Waals surface area contributed by atoms with Gasteiger partial charge in [0.1, 0.15) is 0 Å². The normalized spacial score (nSPS) is 12.9. The van der Waals surface area contributed by atoms with Crippen molar-refractivity contribution >= 4 is 31.6 Å². The first-order valence-corrected chi connectivity index (χ1v) is 12.1. The van der Waals surface area contributed by atoms with Gasteiger partial charge in [0.25, 0.3) is 0 Å². The fraction of sp³-hybridized carbons (Fsp3) is 0.611. The molecule has 0 aliphatic carbocycles. The fourth-order valence-corrected chi connectivity index (χ4v) is 4.25. The first-order valence-electron chi connectivity index (χ1n) is 9.16. The van der Waals surface area contributed by atoms with Gasteiger partial charge in [-0.3, -0.25) is 4.79 Å². The van der Waals surface area contributed by atoms with Crippen LogP contribution in [-0.4, -0.2) is 40.1 Å². The number of benzene rings is 1. The SMILES string of the molecule is CC(C)NS(=O)(=O)c1ccc(NC(=O)CCCCNS(=O)(=O)C(C)(C)C)cc1. The lowest BCUT2D eigenvalue weighted by atomic mass is 10.2. The predicted octanol–water partition coefficient (Wildman–Crippen LogP) is 2.20. The Morgan fingerprint density at radius 3 is 2.07 bits per heavy atom. The number of amides is 1. The maximum Gasteiger partial charge on any atom is 0.240 e. The summed E-state index contributed by atoms with van der Waals surface area (Å²) in [7, 11) is -6.94. The van der Waals surface area contributed by atoms with E-state index in [2.05, 4.69) is 14.8 Å². The van der Waals surface area contributed by atoms with Gasteiger partial charge in [-0.1, -0.05) is 0 Å². The Balaban J connectivity index is 2.44. The van der Waals surface area contributed by atoms with Gasteiger partial charge >= 0.3 is 0 Å². The van der Waals surface area contributed by atoms with E-state index in [1.807, 2.05) is 0 Å². The first-order chi connectivity index (χ1) is 12.7. The van der Waals surface area contributed by atoms with Gasteiger partial charge in [0.15, 0.2) is 0 Å². The smallest absolute Gasteiger partial charge is 0.240 e. The van der Waals surface area contributed by atoms with Crippen LogP contribution in [0.4, 0.5) is 5.69 Å². The minimum Gasteiger partial charge on any atom is -0.326 e. The highest BCUT2D eigenvalue weighted by Gasteiger charge is 2.27. The van der Waals surface area contributed by atoms with E-state index < -0.39 is 24.8 Å². The average molecular weight is 434 g/mol. The Hall–Kier alpha value is -1.49. The topological polar surface area (TPSA) is 121 Å². The van der Waals surface area contributed by atoms with Crippen LogP contribution in [0.15, 0.2) is 29.2 Å². The Morgan fingerprint density at radius 1 is 1.00 bits per heavy atom. The molecule has 8 nitrogen and oxygen atoms in total. The molecule has 0 saturated heterocycles. The van der Waals surface area contributed by atoms with Crippen molar-refractivity contribution in [2.75, 3.05) is 11.9 Å². The van der Waals surface area contributed by atoms with Crippen LogP contribution in [0.25, 0.3) is 0 Å². The van der Waals surface area contributed by atoms with E-state index >= 15 is 0 Å². The molecule has 0 unspecified atom stereocenters. The third kappa shape index (κ3) is 7.86. The summed E-state index contributed by atoms with van der Waals surface area (Å²) in [6.45, 7) is 8.62. The van der Waals surface area contributed by atoms with Gasteiger partial charge in [-0.25, -0.2) is 26.3 Å². The maximum atomic E-state index is 12.1. The van der Waals surface area contributed by atoms with Gasteiger partial charge in [-0.2, -0.15) is 0 Å². The van der Waals surface area contributed by atoms with Crippen molar-refractivity contribution in [1.82, 2.24) is 9.44 Å². The Labute approximate surface area is 168 Å². The molecule has 0 bridgehead atoms. The molecule has 0 aliphatic heterocycles. The van der Waals surface area contributed by atoms with E-state index in [0.717, 1.165) is 0 Å². The molecule has 0 saturated carbocycles. The van der Waals surface area contributed by atoms with E-state index in [-0.39, 0.29) is 29.8 Å². The molecular weight excluding hydrogens is 402 g/mol. The summed E-state index contributed by atoms with van der Waals surface area (Å²) in [5.41, 5.74) is 0.502. The summed E-state index contributed by atoms with van der Waals surface area (Å²) in [4.78, 5) is 12.1. The zero-order chi connectivity index (χ0) is 21.6. The number of hydrogen-bond acceptors (Lipinski definition) is 5. The Bertz CT molecular complexity index is 855. The van der Waals surface area contributed by atoms with Gasteiger partial charge in [-0.15, -0.1) is 0 Å². The molecule has 0 aromatic heterocycles.